The molecular weight excluding hydrogens is 328 g/mol. The van der Waals surface area contributed by atoms with Gasteiger partial charge in [-0.25, -0.2) is 4.98 Å². The third-order valence-electron chi connectivity index (χ3n) is 5.05. The number of rotatable bonds is 5. The van der Waals surface area contributed by atoms with Crippen LogP contribution >= 0.6 is 0 Å². The molecule has 26 heavy (non-hydrogen) atoms. The molecule has 2 aromatic rings. The highest BCUT2D eigenvalue weighted by Crippen LogP contribution is 2.21. The molecule has 7 nitrogen and oxygen atoms in total. The Morgan fingerprint density at radius 2 is 2.08 bits per heavy atom. The maximum Gasteiger partial charge on any atom is 0.244 e. The van der Waals surface area contributed by atoms with Crippen molar-refractivity contribution < 1.29 is 4.79 Å². The summed E-state index contributed by atoms with van der Waals surface area (Å²) in [5.74, 6) is 1.50. The summed E-state index contributed by atoms with van der Waals surface area (Å²) in [4.78, 5) is 23.5. The Morgan fingerprint density at radius 1 is 1.23 bits per heavy atom. The van der Waals surface area contributed by atoms with Crippen LogP contribution in [0.1, 0.15) is 36.3 Å². The SMILES string of the molecule is CNc1cnc(C[C@H]2CCCN(C(=O)Cn3nc(C)cc3C)CC2)cn1. The second-order valence-electron chi connectivity index (χ2n) is 7.11. The average Bonchev–Trinajstić information content (AvgIpc) is 2.82. The third-order valence-corrected chi connectivity index (χ3v) is 5.05. The number of aromatic nitrogens is 4. The Hall–Kier alpha value is -2.44. The van der Waals surface area contributed by atoms with Gasteiger partial charge < -0.3 is 10.2 Å². The Balaban J connectivity index is 1.53. The predicted octanol–water partition coefficient (Wildman–Crippen LogP) is 2.20. The van der Waals surface area contributed by atoms with Gasteiger partial charge in [-0.05, 0) is 51.5 Å². The first-order chi connectivity index (χ1) is 12.5. The van der Waals surface area contributed by atoms with Crippen molar-refractivity contribution in [1.29, 1.82) is 0 Å². The lowest BCUT2D eigenvalue weighted by Crippen LogP contribution is -2.35. The summed E-state index contributed by atoms with van der Waals surface area (Å²) in [6.45, 7) is 5.92. The lowest BCUT2D eigenvalue weighted by molar-refractivity contribution is -0.132. The molecule has 0 bridgehead atoms. The fraction of sp³-hybridized carbons (Fsp3) is 0.579. The summed E-state index contributed by atoms with van der Waals surface area (Å²) in [6.07, 6.45) is 7.72. The molecule has 0 unspecified atom stereocenters. The van der Waals surface area contributed by atoms with Crippen molar-refractivity contribution in [3.63, 3.8) is 0 Å². The van der Waals surface area contributed by atoms with Gasteiger partial charge in [-0.3, -0.25) is 14.5 Å². The van der Waals surface area contributed by atoms with Crippen molar-refractivity contribution in [2.24, 2.45) is 5.92 Å². The largest absolute Gasteiger partial charge is 0.372 e. The fourth-order valence-corrected chi connectivity index (χ4v) is 3.57. The van der Waals surface area contributed by atoms with Crippen LogP contribution in [-0.2, 0) is 17.8 Å². The molecule has 1 fully saturated rings. The van der Waals surface area contributed by atoms with E-state index in [1.807, 2.05) is 38.1 Å². The van der Waals surface area contributed by atoms with Crippen LogP contribution in [0.2, 0.25) is 0 Å². The van der Waals surface area contributed by atoms with E-state index in [1.165, 1.54) is 0 Å². The minimum Gasteiger partial charge on any atom is -0.372 e. The summed E-state index contributed by atoms with van der Waals surface area (Å²) >= 11 is 0. The first kappa shape index (κ1) is 18.4. The Labute approximate surface area is 154 Å². The molecule has 0 saturated carbocycles. The topological polar surface area (TPSA) is 75.9 Å². The highest BCUT2D eigenvalue weighted by atomic mass is 16.2. The van der Waals surface area contributed by atoms with Crippen molar-refractivity contribution in [2.45, 2.75) is 46.1 Å². The van der Waals surface area contributed by atoms with Gasteiger partial charge >= 0.3 is 0 Å². The van der Waals surface area contributed by atoms with Gasteiger partial charge in [0.15, 0.2) is 0 Å². The number of hydrogen-bond donors (Lipinski definition) is 1. The van der Waals surface area contributed by atoms with E-state index in [0.717, 1.165) is 61.7 Å². The van der Waals surface area contributed by atoms with Gasteiger partial charge in [-0.2, -0.15) is 5.10 Å². The Kier molecular flexibility index (Phi) is 5.85. The summed E-state index contributed by atoms with van der Waals surface area (Å²) in [6, 6.07) is 2.01. The van der Waals surface area contributed by atoms with Crippen molar-refractivity contribution >= 4 is 11.7 Å². The van der Waals surface area contributed by atoms with Gasteiger partial charge in [-0.15, -0.1) is 0 Å². The summed E-state index contributed by atoms with van der Waals surface area (Å²) in [7, 11) is 1.84. The summed E-state index contributed by atoms with van der Waals surface area (Å²) in [5, 5.41) is 7.39. The Bertz CT molecular complexity index is 739. The van der Waals surface area contributed by atoms with Gasteiger partial charge in [0.2, 0.25) is 5.91 Å². The van der Waals surface area contributed by atoms with Crippen LogP contribution in [0, 0.1) is 19.8 Å². The quantitative estimate of drug-likeness (QED) is 0.889. The van der Waals surface area contributed by atoms with E-state index in [0.29, 0.717) is 12.5 Å². The molecule has 0 aliphatic carbocycles. The lowest BCUT2D eigenvalue weighted by Gasteiger charge is -2.21. The zero-order chi connectivity index (χ0) is 18.5. The van der Waals surface area contributed by atoms with Crippen LogP contribution in [0.4, 0.5) is 5.82 Å². The average molecular weight is 356 g/mol. The zero-order valence-corrected chi connectivity index (χ0v) is 15.9. The molecule has 2 aromatic heterocycles. The maximum atomic E-state index is 12.7. The zero-order valence-electron chi connectivity index (χ0n) is 15.9. The van der Waals surface area contributed by atoms with Gasteiger partial charge in [0.25, 0.3) is 0 Å². The number of nitrogens with one attached hydrogen (secondary N) is 1. The van der Waals surface area contributed by atoms with E-state index in [4.69, 9.17) is 0 Å². The van der Waals surface area contributed by atoms with Crippen LogP contribution in [0.25, 0.3) is 0 Å². The van der Waals surface area contributed by atoms with Gasteiger partial charge in [-0.1, -0.05) is 0 Å². The van der Waals surface area contributed by atoms with E-state index in [1.54, 1.807) is 10.9 Å². The third kappa shape index (κ3) is 4.59. The molecule has 3 rings (SSSR count). The van der Waals surface area contributed by atoms with Crippen LogP contribution in [0.5, 0.6) is 0 Å². The number of aryl methyl sites for hydroxylation is 2. The van der Waals surface area contributed by atoms with Crippen LogP contribution in [0.15, 0.2) is 18.5 Å². The molecule has 1 saturated heterocycles. The van der Waals surface area contributed by atoms with Crippen molar-refractivity contribution in [3.05, 3.63) is 35.5 Å². The molecule has 1 aliphatic heterocycles. The molecule has 7 heteroatoms. The molecule has 1 atom stereocenters. The minimum atomic E-state index is 0.162. The smallest absolute Gasteiger partial charge is 0.244 e. The second kappa shape index (κ2) is 8.29. The summed E-state index contributed by atoms with van der Waals surface area (Å²) in [5.41, 5.74) is 3.01. The van der Waals surface area contributed by atoms with Crippen molar-refractivity contribution in [1.82, 2.24) is 24.6 Å². The standard InChI is InChI=1S/C19H28N6O/c1-14-9-15(2)25(23-14)13-19(26)24-7-4-5-16(6-8-24)10-17-11-22-18(20-3)12-21-17/h9,11-12,16H,4-8,10,13H2,1-3H3,(H,20,22)/t16-/m0/s1. The number of carbonyl (C=O) groups excluding carboxylic acids is 1. The molecule has 1 amide bonds. The molecule has 1 aliphatic rings. The van der Waals surface area contributed by atoms with E-state index < -0.39 is 0 Å². The molecule has 0 spiro atoms. The normalized spacial score (nSPS) is 17.8. The molecule has 0 radical (unpaired) electrons. The fourth-order valence-electron chi connectivity index (χ4n) is 3.57. The number of likely N-dealkylation sites (tertiary alicyclic amines) is 1. The van der Waals surface area contributed by atoms with E-state index in [-0.39, 0.29) is 5.91 Å². The molecule has 1 N–H and O–H groups in total. The van der Waals surface area contributed by atoms with E-state index in [2.05, 4.69) is 20.4 Å². The molecule has 3 heterocycles. The molecular formula is C19H28N6O. The first-order valence-electron chi connectivity index (χ1n) is 9.32. The van der Waals surface area contributed by atoms with Gasteiger partial charge in [0, 0.05) is 25.8 Å². The highest BCUT2D eigenvalue weighted by Gasteiger charge is 2.22. The number of anilines is 1. The molecule has 0 aromatic carbocycles. The number of amides is 1. The maximum absolute atomic E-state index is 12.7. The van der Waals surface area contributed by atoms with Gasteiger partial charge in [0.05, 0.1) is 23.8 Å². The monoisotopic (exact) mass is 356 g/mol. The minimum absolute atomic E-state index is 0.162. The first-order valence-corrected chi connectivity index (χ1v) is 9.32. The lowest BCUT2D eigenvalue weighted by atomic mass is 9.95. The predicted molar refractivity (Wildman–Crippen MR) is 101 cm³/mol. The number of nitrogens with zero attached hydrogens (tertiary/aromatic N) is 5. The number of carbonyl (C=O) groups is 1. The highest BCUT2D eigenvalue weighted by molar-refractivity contribution is 5.76. The second-order valence-corrected chi connectivity index (χ2v) is 7.11. The van der Waals surface area contributed by atoms with Crippen LogP contribution in [-0.4, -0.2) is 50.7 Å². The van der Waals surface area contributed by atoms with Gasteiger partial charge in [0.1, 0.15) is 12.4 Å². The van der Waals surface area contributed by atoms with Crippen LogP contribution in [0.3, 0.4) is 0 Å². The Morgan fingerprint density at radius 3 is 2.73 bits per heavy atom. The summed E-state index contributed by atoms with van der Waals surface area (Å²) < 4.78 is 1.80. The number of hydrogen-bond acceptors (Lipinski definition) is 5. The molecule has 140 valence electrons. The van der Waals surface area contributed by atoms with Crippen LogP contribution < -0.4 is 5.32 Å². The van der Waals surface area contributed by atoms with Crippen molar-refractivity contribution in [3.8, 4) is 0 Å². The van der Waals surface area contributed by atoms with E-state index in [9.17, 15) is 4.79 Å². The van der Waals surface area contributed by atoms with E-state index >= 15 is 0 Å². The van der Waals surface area contributed by atoms with Crippen molar-refractivity contribution in [2.75, 3.05) is 25.5 Å².